The van der Waals surface area contributed by atoms with E-state index >= 15 is 0 Å². The van der Waals surface area contributed by atoms with Gasteiger partial charge in [0.15, 0.2) is 0 Å². The first-order chi connectivity index (χ1) is 5.41. The van der Waals surface area contributed by atoms with Crippen LogP contribution in [0.5, 0.6) is 0 Å². The number of rotatable bonds is 0. The maximum atomic E-state index is 2.49. The Labute approximate surface area is 88.4 Å². The topological polar surface area (TPSA) is 0 Å². The van der Waals surface area contributed by atoms with Crippen LogP contribution in [-0.2, 0) is 18.6 Å². The molecule has 0 saturated heterocycles. The second-order valence-corrected chi connectivity index (χ2v) is 4.43. The van der Waals surface area contributed by atoms with Gasteiger partial charge in [0.1, 0.15) is 0 Å². The van der Waals surface area contributed by atoms with E-state index < -0.39 is 0 Å². The molecule has 0 atom stereocenters. The molecule has 0 aromatic heterocycles. The largest absolute Gasteiger partial charge is 0.328 e. The fraction of sp³-hybridized carbons (Fsp3) is 0.909. The van der Waals surface area contributed by atoms with E-state index in [1.165, 1.54) is 44.9 Å². The van der Waals surface area contributed by atoms with Gasteiger partial charge in [-0.1, -0.05) is 32.1 Å². The Bertz CT molecular complexity index is 99.5. The summed E-state index contributed by atoms with van der Waals surface area (Å²) in [6.45, 7) is 0. The van der Waals surface area contributed by atoms with E-state index in [9.17, 15) is 0 Å². The molecular formula is C11H19V-. The van der Waals surface area contributed by atoms with Gasteiger partial charge >= 0.3 is 0 Å². The molecule has 0 amide bonds. The van der Waals surface area contributed by atoms with Crippen molar-refractivity contribution in [3.63, 3.8) is 0 Å². The van der Waals surface area contributed by atoms with E-state index in [4.69, 9.17) is 0 Å². The van der Waals surface area contributed by atoms with Crippen LogP contribution in [0.15, 0.2) is 0 Å². The zero-order valence-corrected chi connectivity index (χ0v) is 9.29. The zero-order chi connectivity index (χ0) is 7.57. The van der Waals surface area contributed by atoms with E-state index in [0.29, 0.717) is 0 Å². The first-order valence-corrected chi connectivity index (χ1v) is 5.23. The van der Waals surface area contributed by atoms with Crippen molar-refractivity contribution < 1.29 is 18.6 Å². The zero-order valence-electron chi connectivity index (χ0n) is 7.89. The van der Waals surface area contributed by atoms with Gasteiger partial charge in [-0.25, -0.2) is 0 Å². The third-order valence-corrected chi connectivity index (χ3v) is 3.67. The van der Waals surface area contributed by atoms with Crippen molar-refractivity contribution in [1.82, 2.24) is 0 Å². The predicted molar refractivity (Wildman–Crippen MR) is 48.3 cm³/mol. The summed E-state index contributed by atoms with van der Waals surface area (Å²) in [5.41, 5.74) is 0.826. The summed E-state index contributed by atoms with van der Waals surface area (Å²) in [5, 5.41) is 0. The summed E-state index contributed by atoms with van der Waals surface area (Å²) in [7, 11) is 0. The minimum Gasteiger partial charge on any atom is -0.328 e. The molecule has 0 aromatic rings. The van der Waals surface area contributed by atoms with Crippen molar-refractivity contribution in [3.05, 3.63) is 6.42 Å². The van der Waals surface area contributed by atoms with Crippen LogP contribution in [0, 0.1) is 11.8 Å². The van der Waals surface area contributed by atoms with Gasteiger partial charge in [0.05, 0.1) is 0 Å². The summed E-state index contributed by atoms with van der Waals surface area (Å²) in [6.07, 6.45) is 15.9. The summed E-state index contributed by atoms with van der Waals surface area (Å²) in [6, 6.07) is 0. The maximum absolute atomic E-state index is 2.49. The standard InChI is InChI=1S/C11H19.V/c1-3-7-11(8-4-1)9-5-2-6-10-11;/h1H,2-10H2;/q-1;. The van der Waals surface area contributed by atoms with Gasteiger partial charge in [-0.05, 0) is 18.3 Å². The molecule has 0 nitrogen and oxygen atoms in total. The first-order valence-electron chi connectivity index (χ1n) is 5.23. The van der Waals surface area contributed by atoms with Crippen molar-refractivity contribution in [2.24, 2.45) is 5.41 Å². The van der Waals surface area contributed by atoms with E-state index in [1.54, 1.807) is 12.8 Å². The van der Waals surface area contributed by atoms with Crippen LogP contribution in [0.25, 0.3) is 0 Å². The third kappa shape index (κ3) is 2.29. The first kappa shape index (κ1) is 10.7. The Hall–Kier alpha value is 0.584. The van der Waals surface area contributed by atoms with Gasteiger partial charge in [0, 0.05) is 18.6 Å². The van der Waals surface area contributed by atoms with Gasteiger partial charge in [-0.3, -0.25) is 0 Å². The van der Waals surface area contributed by atoms with Crippen LogP contribution in [0.4, 0.5) is 0 Å². The quantitative estimate of drug-likeness (QED) is 0.525. The molecule has 1 radical (unpaired) electrons. The minimum absolute atomic E-state index is 0. The molecular weight excluding hydrogens is 183 g/mol. The normalized spacial score (nSPS) is 28.0. The van der Waals surface area contributed by atoms with Crippen molar-refractivity contribution >= 4 is 0 Å². The van der Waals surface area contributed by atoms with Gasteiger partial charge in [0.2, 0.25) is 0 Å². The summed E-state index contributed by atoms with van der Waals surface area (Å²) >= 11 is 0. The molecule has 12 heavy (non-hydrogen) atoms. The molecule has 69 valence electrons. The average molecular weight is 202 g/mol. The second kappa shape index (κ2) is 4.72. The smallest absolute Gasteiger partial charge is 0 e. The molecule has 0 N–H and O–H groups in total. The third-order valence-electron chi connectivity index (χ3n) is 3.67. The Kier molecular flexibility index (Phi) is 4.19. The van der Waals surface area contributed by atoms with Crippen LogP contribution in [0.3, 0.4) is 0 Å². The number of hydrogen-bond donors (Lipinski definition) is 0. The minimum atomic E-state index is 0. The van der Waals surface area contributed by atoms with Crippen molar-refractivity contribution in [2.45, 2.75) is 57.8 Å². The Morgan fingerprint density at radius 1 is 0.750 bits per heavy atom. The van der Waals surface area contributed by atoms with Crippen LogP contribution >= 0.6 is 0 Å². The van der Waals surface area contributed by atoms with Gasteiger partial charge in [-0.2, -0.15) is 12.8 Å². The molecule has 0 heterocycles. The van der Waals surface area contributed by atoms with E-state index in [2.05, 4.69) is 6.42 Å². The van der Waals surface area contributed by atoms with Crippen molar-refractivity contribution in [3.8, 4) is 0 Å². The monoisotopic (exact) mass is 202 g/mol. The van der Waals surface area contributed by atoms with Crippen molar-refractivity contribution in [1.29, 1.82) is 0 Å². The van der Waals surface area contributed by atoms with E-state index in [1.807, 2.05) is 0 Å². The second-order valence-electron chi connectivity index (χ2n) is 4.43. The van der Waals surface area contributed by atoms with Crippen LogP contribution in [0.1, 0.15) is 57.8 Å². The molecule has 0 unspecified atom stereocenters. The van der Waals surface area contributed by atoms with E-state index in [-0.39, 0.29) is 18.6 Å². The Morgan fingerprint density at radius 2 is 1.33 bits per heavy atom. The number of hydrogen-bond acceptors (Lipinski definition) is 0. The fourth-order valence-corrected chi connectivity index (χ4v) is 2.89. The summed E-state index contributed by atoms with van der Waals surface area (Å²) in [4.78, 5) is 0. The summed E-state index contributed by atoms with van der Waals surface area (Å²) in [5.74, 6) is 0. The molecule has 0 bridgehead atoms. The molecule has 2 saturated carbocycles. The van der Waals surface area contributed by atoms with Crippen LogP contribution < -0.4 is 0 Å². The van der Waals surface area contributed by atoms with E-state index in [0.717, 1.165) is 5.41 Å². The fourth-order valence-electron chi connectivity index (χ4n) is 2.89. The summed E-state index contributed by atoms with van der Waals surface area (Å²) < 4.78 is 0. The SMILES string of the molecule is [CH-]1CCC2(CC1)CCCCC2.[V]. The molecule has 0 aromatic carbocycles. The molecule has 2 aliphatic carbocycles. The molecule has 0 aliphatic heterocycles. The molecule has 2 fully saturated rings. The van der Waals surface area contributed by atoms with Gasteiger partial charge < -0.3 is 6.42 Å². The average Bonchev–Trinajstić information content (AvgIpc) is 2.07. The maximum Gasteiger partial charge on any atom is 0 e. The van der Waals surface area contributed by atoms with Crippen LogP contribution in [0.2, 0.25) is 0 Å². The molecule has 2 rings (SSSR count). The Balaban J connectivity index is 0.000000720. The molecule has 2 aliphatic rings. The molecule has 1 heteroatoms. The van der Waals surface area contributed by atoms with Gasteiger partial charge in [0.25, 0.3) is 0 Å². The molecule has 1 spiro atoms. The Morgan fingerprint density at radius 3 is 1.92 bits per heavy atom. The van der Waals surface area contributed by atoms with Gasteiger partial charge in [-0.15, -0.1) is 0 Å². The van der Waals surface area contributed by atoms with Crippen molar-refractivity contribution in [2.75, 3.05) is 0 Å². The predicted octanol–water partition coefficient (Wildman–Crippen LogP) is 3.71. The van der Waals surface area contributed by atoms with Crippen LogP contribution in [-0.4, -0.2) is 0 Å².